The van der Waals surface area contributed by atoms with E-state index in [1.54, 1.807) is 0 Å². The minimum Gasteiger partial charge on any atom is -0.496 e. The van der Waals surface area contributed by atoms with Gasteiger partial charge in [-0.15, -0.1) is 13.2 Å². The number of rotatable bonds is 3. The van der Waals surface area contributed by atoms with E-state index in [-0.39, 0.29) is 22.1 Å². The highest BCUT2D eigenvalue weighted by Gasteiger charge is 2.33. The summed E-state index contributed by atoms with van der Waals surface area (Å²) in [5.74, 6) is -0.598. The molecule has 0 aliphatic rings. The molecule has 0 saturated heterocycles. The van der Waals surface area contributed by atoms with Gasteiger partial charge in [0.05, 0.1) is 17.1 Å². The van der Waals surface area contributed by atoms with E-state index >= 15 is 0 Å². The quantitative estimate of drug-likeness (QED) is 0.804. The number of benzene rings is 1. The number of alkyl halides is 3. The van der Waals surface area contributed by atoms with Gasteiger partial charge in [-0.1, -0.05) is 0 Å². The number of hydrogen-bond acceptors (Lipinski definition) is 3. The van der Waals surface area contributed by atoms with Gasteiger partial charge in [-0.3, -0.25) is 4.79 Å². The van der Waals surface area contributed by atoms with Crippen molar-refractivity contribution in [3.63, 3.8) is 0 Å². The largest absolute Gasteiger partial charge is 0.573 e. The van der Waals surface area contributed by atoms with Crippen molar-refractivity contribution in [3.8, 4) is 11.5 Å². The van der Waals surface area contributed by atoms with E-state index in [4.69, 9.17) is 4.74 Å². The molecule has 88 valence electrons. The highest BCUT2D eigenvalue weighted by Crippen LogP contribution is 2.37. The van der Waals surface area contributed by atoms with Crippen LogP contribution in [0.25, 0.3) is 0 Å². The van der Waals surface area contributed by atoms with Gasteiger partial charge in [0.25, 0.3) is 0 Å². The van der Waals surface area contributed by atoms with E-state index in [9.17, 15) is 18.0 Å². The normalized spacial score (nSPS) is 11.1. The van der Waals surface area contributed by atoms with Crippen molar-refractivity contribution in [2.24, 2.45) is 0 Å². The molecule has 0 aliphatic heterocycles. The van der Waals surface area contributed by atoms with Gasteiger partial charge in [-0.2, -0.15) is 0 Å². The molecule has 0 aromatic heterocycles. The maximum Gasteiger partial charge on any atom is 0.573 e. The lowest BCUT2D eigenvalue weighted by atomic mass is 10.2. The Morgan fingerprint density at radius 2 is 2.00 bits per heavy atom. The van der Waals surface area contributed by atoms with Gasteiger partial charge in [-0.25, -0.2) is 0 Å². The average molecular weight is 299 g/mol. The Hall–Kier alpha value is -1.24. The molecule has 0 N–H and O–H groups in total. The summed E-state index contributed by atoms with van der Waals surface area (Å²) in [6.45, 7) is 0. The molecule has 0 heterocycles. The molecule has 0 atom stereocenters. The summed E-state index contributed by atoms with van der Waals surface area (Å²) in [6.07, 6.45) is -4.63. The fraction of sp³-hybridized carbons (Fsp3) is 0.222. The third-order valence-electron chi connectivity index (χ3n) is 1.66. The van der Waals surface area contributed by atoms with Crippen molar-refractivity contribution >= 4 is 22.2 Å². The number of methoxy groups -OCH3 is 1. The van der Waals surface area contributed by atoms with E-state index in [2.05, 4.69) is 20.7 Å². The SMILES string of the molecule is COc1ccc(Br)c(OC(F)(F)F)c1C=O. The van der Waals surface area contributed by atoms with Gasteiger partial charge in [0.1, 0.15) is 5.75 Å². The standard InChI is InChI=1S/C9H6BrF3O3/c1-15-7-3-2-6(10)8(5(7)4-14)16-9(11,12)13/h2-4H,1H3. The molecule has 1 aromatic rings. The zero-order valence-corrected chi connectivity index (χ0v) is 9.55. The zero-order chi connectivity index (χ0) is 12.3. The minimum absolute atomic E-state index is 0.0115. The van der Waals surface area contributed by atoms with Crippen molar-refractivity contribution in [2.75, 3.05) is 7.11 Å². The van der Waals surface area contributed by atoms with Gasteiger partial charge in [0.15, 0.2) is 12.0 Å². The molecule has 0 saturated carbocycles. The summed E-state index contributed by atoms with van der Waals surface area (Å²) in [7, 11) is 1.24. The Labute approximate surface area is 97.3 Å². The molecule has 0 aliphatic carbocycles. The zero-order valence-electron chi connectivity index (χ0n) is 7.97. The van der Waals surface area contributed by atoms with E-state index in [1.807, 2.05) is 0 Å². The Morgan fingerprint density at radius 3 is 2.44 bits per heavy atom. The molecule has 7 heteroatoms. The second-order valence-corrected chi connectivity index (χ2v) is 3.51. The molecule has 0 fully saturated rings. The Bertz CT molecular complexity index is 404. The van der Waals surface area contributed by atoms with Crippen LogP contribution < -0.4 is 9.47 Å². The van der Waals surface area contributed by atoms with Gasteiger partial charge in [0, 0.05) is 0 Å². The van der Waals surface area contributed by atoms with E-state index in [1.165, 1.54) is 19.2 Å². The molecular formula is C9H6BrF3O3. The summed E-state index contributed by atoms with van der Waals surface area (Å²) in [6, 6.07) is 2.66. The minimum atomic E-state index is -4.87. The topological polar surface area (TPSA) is 35.5 Å². The number of ether oxygens (including phenoxy) is 2. The highest BCUT2D eigenvalue weighted by atomic mass is 79.9. The number of carbonyl (C=O) groups is 1. The molecule has 0 spiro atoms. The summed E-state index contributed by atoms with van der Waals surface area (Å²) < 4.78 is 44.7. The van der Waals surface area contributed by atoms with Crippen molar-refractivity contribution < 1.29 is 27.4 Å². The average Bonchev–Trinajstić information content (AvgIpc) is 2.19. The monoisotopic (exact) mass is 298 g/mol. The maximum atomic E-state index is 12.1. The van der Waals surface area contributed by atoms with Gasteiger partial charge >= 0.3 is 6.36 Å². The van der Waals surface area contributed by atoms with Crippen LogP contribution in [-0.4, -0.2) is 19.8 Å². The predicted molar refractivity (Wildman–Crippen MR) is 52.8 cm³/mol. The van der Waals surface area contributed by atoms with Crippen molar-refractivity contribution in [2.45, 2.75) is 6.36 Å². The van der Waals surface area contributed by atoms with Gasteiger partial charge in [-0.05, 0) is 28.1 Å². The molecule has 16 heavy (non-hydrogen) atoms. The van der Waals surface area contributed by atoms with E-state index in [0.717, 1.165) is 0 Å². The first kappa shape index (κ1) is 12.8. The molecule has 0 radical (unpaired) electrons. The highest BCUT2D eigenvalue weighted by molar-refractivity contribution is 9.10. The van der Waals surface area contributed by atoms with Crippen LogP contribution in [0, 0.1) is 0 Å². The summed E-state index contributed by atoms with van der Waals surface area (Å²) in [5.41, 5.74) is -0.297. The summed E-state index contributed by atoms with van der Waals surface area (Å²) in [5, 5.41) is 0. The number of halogens is 4. The molecular weight excluding hydrogens is 293 g/mol. The van der Waals surface area contributed by atoms with Gasteiger partial charge < -0.3 is 9.47 Å². The van der Waals surface area contributed by atoms with Crippen LogP contribution in [0.4, 0.5) is 13.2 Å². The first-order chi connectivity index (χ1) is 7.39. The smallest absolute Gasteiger partial charge is 0.496 e. The summed E-state index contributed by atoms with van der Waals surface area (Å²) >= 11 is 2.86. The Balaban J connectivity index is 3.29. The van der Waals surface area contributed by atoms with Crippen molar-refractivity contribution in [3.05, 3.63) is 22.2 Å². The lowest BCUT2D eigenvalue weighted by Crippen LogP contribution is -2.18. The second-order valence-electron chi connectivity index (χ2n) is 2.66. The van der Waals surface area contributed by atoms with Crippen molar-refractivity contribution in [1.82, 2.24) is 0 Å². The Morgan fingerprint density at radius 1 is 1.38 bits per heavy atom. The predicted octanol–water partition coefficient (Wildman–Crippen LogP) is 3.17. The van der Waals surface area contributed by atoms with Crippen LogP contribution in [0.3, 0.4) is 0 Å². The van der Waals surface area contributed by atoms with Crippen molar-refractivity contribution in [1.29, 1.82) is 0 Å². The lowest BCUT2D eigenvalue weighted by Gasteiger charge is -2.14. The number of carbonyl (C=O) groups excluding carboxylic acids is 1. The van der Waals surface area contributed by atoms with Gasteiger partial charge in [0.2, 0.25) is 0 Å². The molecule has 0 bridgehead atoms. The second kappa shape index (κ2) is 4.73. The van der Waals surface area contributed by atoms with Crippen LogP contribution in [0.15, 0.2) is 16.6 Å². The van der Waals surface area contributed by atoms with Crippen LogP contribution in [0.1, 0.15) is 10.4 Å². The van der Waals surface area contributed by atoms with Crippen LogP contribution in [-0.2, 0) is 0 Å². The molecule has 1 rings (SSSR count). The van der Waals surface area contributed by atoms with E-state index in [0.29, 0.717) is 0 Å². The number of hydrogen-bond donors (Lipinski definition) is 0. The van der Waals surface area contributed by atoms with E-state index < -0.39 is 12.1 Å². The lowest BCUT2D eigenvalue weighted by molar-refractivity contribution is -0.275. The molecule has 1 aromatic carbocycles. The van der Waals surface area contributed by atoms with Crippen LogP contribution in [0.2, 0.25) is 0 Å². The molecule has 0 unspecified atom stereocenters. The first-order valence-corrected chi connectivity index (χ1v) is 4.75. The Kier molecular flexibility index (Phi) is 3.79. The third kappa shape index (κ3) is 2.88. The molecule has 3 nitrogen and oxygen atoms in total. The van der Waals surface area contributed by atoms with Crippen LogP contribution in [0.5, 0.6) is 11.5 Å². The summed E-state index contributed by atoms with van der Waals surface area (Å²) in [4.78, 5) is 10.7. The third-order valence-corrected chi connectivity index (χ3v) is 2.29. The first-order valence-electron chi connectivity index (χ1n) is 3.96. The maximum absolute atomic E-state index is 12.1. The number of aldehydes is 1. The fourth-order valence-corrected chi connectivity index (χ4v) is 1.49. The van der Waals surface area contributed by atoms with Crippen LogP contribution >= 0.6 is 15.9 Å². The fourth-order valence-electron chi connectivity index (χ4n) is 1.06. The molecule has 0 amide bonds.